The molecule has 0 aliphatic rings. The summed E-state index contributed by atoms with van der Waals surface area (Å²) in [5.74, 6) is 0.526. The van der Waals surface area contributed by atoms with E-state index in [-0.39, 0.29) is 5.91 Å². The SMILES string of the molecule is CCN(CC)c1ccc(NC(=O)c2ccnc(NCc3cccc(C)c3)c2)cc1. The summed E-state index contributed by atoms with van der Waals surface area (Å²) in [7, 11) is 0. The summed E-state index contributed by atoms with van der Waals surface area (Å²) >= 11 is 0. The topological polar surface area (TPSA) is 57.3 Å². The Hall–Kier alpha value is -3.34. The Balaban J connectivity index is 1.63. The highest BCUT2D eigenvalue weighted by Gasteiger charge is 2.08. The van der Waals surface area contributed by atoms with Crippen LogP contribution in [-0.4, -0.2) is 24.0 Å². The molecule has 1 aromatic heterocycles. The van der Waals surface area contributed by atoms with Gasteiger partial charge in [-0.05, 0) is 62.7 Å². The minimum atomic E-state index is -0.151. The van der Waals surface area contributed by atoms with E-state index in [1.54, 1.807) is 18.3 Å². The highest BCUT2D eigenvalue weighted by atomic mass is 16.1. The number of hydrogen-bond donors (Lipinski definition) is 2. The van der Waals surface area contributed by atoms with Crippen LogP contribution >= 0.6 is 0 Å². The van der Waals surface area contributed by atoms with Crippen LogP contribution in [0.5, 0.6) is 0 Å². The van der Waals surface area contributed by atoms with Crippen molar-refractivity contribution in [3.8, 4) is 0 Å². The molecule has 0 saturated heterocycles. The van der Waals surface area contributed by atoms with E-state index in [0.29, 0.717) is 17.9 Å². The maximum Gasteiger partial charge on any atom is 0.255 e. The molecule has 2 aromatic carbocycles. The Morgan fingerprint density at radius 3 is 2.45 bits per heavy atom. The van der Waals surface area contributed by atoms with Gasteiger partial charge in [0.15, 0.2) is 0 Å². The Kier molecular flexibility index (Phi) is 6.85. The quantitative estimate of drug-likeness (QED) is 0.564. The van der Waals surface area contributed by atoms with Crippen LogP contribution in [0, 0.1) is 6.92 Å². The van der Waals surface area contributed by atoms with E-state index in [9.17, 15) is 4.79 Å². The van der Waals surface area contributed by atoms with E-state index in [4.69, 9.17) is 0 Å². The number of nitrogens with zero attached hydrogens (tertiary/aromatic N) is 2. The third kappa shape index (κ3) is 5.57. The smallest absolute Gasteiger partial charge is 0.255 e. The van der Waals surface area contributed by atoms with Crippen LogP contribution < -0.4 is 15.5 Å². The molecular formula is C24H28N4O. The lowest BCUT2D eigenvalue weighted by Gasteiger charge is -2.21. The maximum absolute atomic E-state index is 12.6. The molecular weight excluding hydrogens is 360 g/mol. The molecule has 0 saturated carbocycles. The number of benzene rings is 2. The highest BCUT2D eigenvalue weighted by Crippen LogP contribution is 2.19. The molecule has 3 rings (SSSR count). The zero-order chi connectivity index (χ0) is 20.6. The molecule has 1 amide bonds. The molecule has 3 aromatic rings. The first-order valence-corrected chi connectivity index (χ1v) is 10.0. The highest BCUT2D eigenvalue weighted by molar-refractivity contribution is 6.04. The fourth-order valence-electron chi connectivity index (χ4n) is 3.23. The molecule has 0 unspecified atom stereocenters. The Morgan fingerprint density at radius 2 is 1.76 bits per heavy atom. The van der Waals surface area contributed by atoms with Gasteiger partial charge in [-0.1, -0.05) is 29.8 Å². The molecule has 0 radical (unpaired) electrons. The summed E-state index contributed by atoms with van der Waals surface area (Å²) in [4.78, 5) is 19.2. The lowest BCUT2D eigenvalue weighted by molar-refractivity contribution is 0.102. The summed E-state index contributed by atoms with van der Waals surface area (Å²) in [6.45, 7) is 8.91. The van der Waals surface area contributed by atoms with Crippen LogP contribution in [0.4, 0.5) is 17.2 Å². The average Bonchev–Trinajstić information content (AvgIpc) is 2.74. The second kappa shape index (κ2) is 9.73. The zero-order valence-corrected chi connectivity index (χ0v) is 17.3. The van der Waals surface area contributed by atoms with Crippen molar-refractivity contribution in [2.24, 2.45) is 0 Å². The van der Waals surface area contributed by atoms with Crippen molar-refractivity contribution in [1.29, 1.82) is 0 Å². The van der Waals surface area contributed by atoms with Gasteiger partial charge in [-0.25, -0.2) is 4.98 Å². The van der Waals surface area contributed by atoms with Gasteiger partial charge < -0.3 is 15.5 Å². The van der Waals surface area contributed by atoms with Gasteiger partial charge >= 0.3 is 0 Å². The van der Waals surface area contributed by atoms with Crippen LogP contribution in [-0.2, 0) is 6.54 Å². The molecule has 29 heavy (non-hydrogen) atoms. The van der Waals surface area contributed by atoms with Crippen LogP contribution in [0.2, 0.25) is 0 Å². The van der Waals surface area contributed by atoms with E-state index in [1.165, 1.54) is 11.1 Å². The van der Waals surface area contributed by atoms with Gasteiger partial charge in [0.25, 0.3) is 5.91 Å². The predicted molar refractivity (Wildman–Crippen MR) is 121 cm³/mol. The van der Waals surface area contributed by atoms with Gasteiger partial charge in [-0.15, -0.1) is 0 Å². The van der Waals surface area contributed by atoms with E-state index >= 15 is 0 Å². The van der Waals surface area contributed by atoms with Crippen molar-refractivity contribution in [1.82, 2.24) is 4.98 Å². The molecule has 0 aliphatic heterocycles. The summed E-state index contributed by atoms with van der Waals surface area (Å²) in [6, 6.07) is 19.7. The van der Waals surface area contributed by atoms with Crippen LogP contribution in [0.1, 0.15) is 35.3 Å². The number of hydrogen-bond acceptors (Lipinski definition) is 4. The standard InChI is InChI=1S/C24H28N4O/c1-4-28(5-2)22-11-9-21(10-12-22)27-24(29)20-13-14-25-23(16-20)26-17-19-8-6-7-18(3)15-19/h6-16H,4-5,17H2,1-3H3,(H,25,26)(H,27,29). The predicted octanol–water partition coefficient (Wildman–Crippen LogP) is 5.10. The first-order chi connectivity index (χ1) is 14.1. The third-order valence-electron chi connectivity index (χ3n) is 4.83. The summed E-state index contributed by atoms with van der Waals surface area (Å²) in [5, 5.41) is 6.24. The summed E-state index contributed by atoms with van der Waals surface area (Å²) < 4.78 is 0. The van der Waals surface area contributed by atoms with E-state index in [2.05, 4.69) is 59.5 Å². The Labute approximate surface area is 172 Å². The molecule has 150 valence electrons. The number of carbonyl (C=O) groups is 1. The minimum absolute atomic E-state index is 0.151. The lowest BCUT2D eigenvalue weighted by Crippen LogP contribution is -2.21. The summed E-state index contributed by atoms with van der Waals surface area (Å²) in [5.41, 5.74) is 4.89. The zero-order valence-electron chi connectivity index (χ0n) is 17.3. The van der Waals surface area contributed by atoms with Crippen molar-refractivity contribution in [2.45, 2.75) is 27.3 Å². The first kappa shape index (κ1) is 20.4. The monoisotopic (exact) mass is 388 g/mol. The fraction of sp³-hybridized carbons (Fsp3) is 0.250. The maximum atomic E-state index is 12.6. The van der Waals surface area contributed by atoms with Crippen molar-refractivity contribution < 1.29 is 4.79 Å². The van der Waals surface area contributed by atoms with Gasteiger partial charge in [-0.2, -0.15) is 0 Å². The van der Waals surface area contributed by atoms with Gasteiger partial charge in [-0.3, -0.25) is 4.79 Å². The third-order valence-corrected chi connectivity index (χ3v) is 4.83. The number of nitrogens with one attached hydrogen (secondary N) is 2. The van der Waals surface area contributed by atoms with Gasteiger partial charge in [0.1, 0.15) is 5.82 Å². The van der Waals surface area contributed by atoms with Gasteiger partial charge in [0.05, 0.1) is 0 Å². The number of rotatable bonds is 8. The van der Waals surface area contributed by atoms with E-state index in [1.807, 2.05) is 30.3 Å². The number of aryl methyl sites for hydroxylation is 1. The first-order valence-electron chi connectivity index (χ1n) is 10.0. The number of aromatic nitrogens is 1. The van der Waals surface area contributed by atoms with E-state index < -0.39 is 0 Å². The molecule has 0 spiro atoms. The van der Waals surface area contributed by atoms with Crippen LogP contribution in [0.25, 0.3) is 0 Å². The van der Waals surface area contributed by atoms with Crippen molar-refractivity contribution in [3.05, 3.63) is 83.6 Å². The number of pyridine rings is 1. The molecule has 0 aliphatic carbocycles. The van der Waals surface area contributed by atoms with E-state index in [0.717, 1.165) is 24.5 Å². The van der Waals surface area contributed by atoms with Crippen molar-refractivity contribution >= 4 is 23.1 Å². The molecule has 5 nitrogen and oxygen atoms in total. The fourth-order valence-corrected chi connectivity index (χ4v) is 3.23. The number of amides is 1. The Bertz CT molecular complexity index is 949. The molecule has 1 heterocycles. The average molecular weight is 389 g/mol. The number of anilines is 3. The lowest BCUT2D eigenvalue weighted by atomic mass is 10.1. The van der Waals surface area contributed by atoms with Gasteiger partial charge in [0.2, 0.25) is 0 Å². The summed E-state index contributed by atoms with van der Waals surface area (Å²) in [6.07, 6.45) is 1.65. The second-order valence-corrected chi connectivity index (χ2v) is 6.95. The van der Waals surface area contributed by atoms with Crippen LogP contribution in [0.15, 0.2) is 66.9 Å². The van der Waals surface area contributed by atoms with Gasteiger partial charge in [0, 0.05) is 42.8 Å². The molecule has 0 fully saturated rings. The van der Waals surface area contributed by atoms with Crippen LogP contribution in [0.3, 0.4) is 0 Å². The molecule has 0 atom stereocenters. The molecule has 2 N–H and O–H groups in total. The minimum Gasteiger partial charge on any atom is -0.372 e. The van der Waals surface area contributed by atoms with Crippen molar-refractivity contribution in [3.63, 3.8) is 0 Å². The Morgan fingerprint density at radius 1 is 1.00 bits per heavy atom. The largest absolute Gasteiger partial charge is 0.372 e. The molecule has 0 bridgehead atoms. The van der Waals surface area contributed by atoms with Crippen molar-refractivity contribution in [2.75, 3.05) is 28.6 Å². The normalized spacial score (nSPS) is 10.4. The number of carbonyl (C=O) groups excluding carboxylic acids is 1. The molecule has 5 heteroatoms. The second-order valence-electron chi connectivity index (χ2n) is 6.95.